The summed E-state index contributed by atoms with van der Waals surface area (Å²) in [5.41, 5.74) is 4.38. The van der Waals surface area contributed by atoms with Crippen molar-refractivity contribution in [3.8, 4) is 5.75 Å². The molecule has 0 aromatic heterocycles. The van der Waals surface area contributed by atoms with Gasteiger partial charge in [0.15, 0.2) is 0 Å². The third-order valence-electron chi connectivity index (χ3n) is 5.70. The molecule has 1 fully saturated rings. The predicted molar refractivity (Wildman–Crippen MR) is 118 cm³/mol. The van der Waals surface area contributed by atoms with Crippen LogP contribution in [0, 0.1) is 0 Å². The first-order valence-corrected chi connectivity index (χ1v) is 10.8. The van der Waals surface area contributed by atoms with Gasteiger partial charge in [0, 0.05) is 43.9 Å². The largest absolute Gasteiger partial charge is 0.494 e. The Labute approximate surface area is 177 Å². The minimum atomic E-state index is 0.0444. The van der Waals surface area contributed by atoms with Crippen molar-refractivity contribution >= 4 is 23.2 Å². The summed E-state index contributed by atoms with van der Waals surface area (Å²) in [7, 11) is 0. The summed E-state index contributed by atoms with van der Waals surface area (Å²) in [6, 6.07) is 14.0. The number of hydrogen-bond donors (Lipinski definition) is 2. The van der Waals surface area contributed by atoms with E-state index in [4.69, 9.17) is 4.74 Å². The molecule has 4 rings (SSSR count). The zero-order valence-corrected chi connectivity index (χ0v) is 17.3. The van der Waals surface area contributed by atoms with Crippen LogP contribution in [-0.2, 0) is 22.6 Å². The maximum atomic E-state index is 12.3. The number of anilines is 2. The van der Waals surface area contributed by atoms with Crippen molar-refractivity contribution in [3.63, 3.8) is 0 Å². The second-order valence-electron chi connectivity index (χ2n) is 7.92. The van der Waals surface area contributed by atoms with Crippen molar-refractivity contribution in [1.29, 1.82) is 0 Å². The Hall–Kier alpha value is -3.02. The van der Waals surface area contributed by atoms with Crippen molar-refractivity contribution in [3.05, 3.63) is 53.6 Å². The second-order valence-corrected chi connectivity index (χ2v) is 7.92. The van der Waals surface area contributed by atoms with Gasteiger partial charge in [0.2, 0.25) is 11.8 Å². The number of benzene rings is 2. The first-order chi connectivity index (χ1) is 14.7. The highest BCUT2D eigenvalue weighted by Crippen LogP contribution is 2.27. The fourth-order valence-electron chi connectivity index (χ4n) is 4.08. The molecule has 30 heavy (non-hydrogen) atoms. The summed E-state index contributed by atoms with van der Waals surface area (Å²) >= 11 is 0. The van der Waals surface area contributed by atoms with Crippen molar-refractivity contribution in [2.24, 2.45) is 0 Å². The molecule has 0 radical (unpaired) electrons. The number of nitrogens with zero attached hydrogens (tertiary/aromatic N) is 1. The number of amides is 2. The summed E-state index contributed by atoms with van der Waals surface area (Å²) in [5, 5.41) is 5.91. The molecule has 0 unspecified atom stereocenters. The molecule has 2 N–H and O–H groups in total. The molecule has 0 spiro atoms. The highest BCUT2D eigenvalue weighted by atomic mass is 16.5. The molecule has 158 valence electrons. The predicted octanol–water partition coefficient (Wildman–Crippen LogP) is 3.65. The fraction of sp³-hybridized carbons (Fsp3) is 0.417. The molecule has 0 saturated carbocycles. The van der Waals surface area contributed by atoms with Gasteiger partial charge in [-0.1, -0.05) is 18.2 Å². The van der Waals surface area contributed by atoms with Crippen LogP contribution in [0.15, 0.2) is 42.5 Å². The third-order valence-corrected chi connectivity index (χ3v) is 5.70. The molecule has 0 atom stereocenters. The van der Waals surface area contributed by atoms with Gasteiger partial charge in [0.1, 0.15) is 5.75 Å². The number of ether oxygens (including phenoxy) is 1. The van der Waals surface area contributed by atoms with Gasteiger partial charge >= 0.3 is 0 Å². The third kappa shape index (κ3) is 5.12. The molecule has 2 amide bonds. The molecular weight excluding hydrogens is 378 g/mol. The number of hydrogen-bond acceptors (Lipinski definition) is 4. The lowest BCUT2D eigenvalue weighted by atomic mass is 10.0. The Bertz CT molecular complexity index is 906. The highest BCUT2D eigenvalue weighted by Gasteiger charge is 2.16. The van der Waals surface area contributed by atoms with E-state index in [0.717, 1.165) is 36.5 Å². The average molecular weight is 408 g/mol. The average Bonchev–Trinajstić information content (AvgIpc) is 3.30. The van der Waals surface area contributed by atoms with Gasteiger partial charge in [0.05, 0.1) is 6.61 Å². The van der Waals surface area contributed by atoms with Crippen molar-refractivity contribution in [2.45, 2.75) is 45.1 Å². The van der Waals surface area contributed by atoms with Crippen LogP contribution in [0.3, 0.4) is 0 Å². The highest BCUT2D eigenvalue weighted by molar-refractivity contribution is 5.94. The monoisotopic (exact) mass is 407 g/mol. The zero-order chi connectivity index (χ0) is 20.8. The number of para-hydroxylation sites is 1. The van der Waals surface area contributed by atoms with E-state index in [1.54, 1.807) is 0 Å². The van der Waals surface area contributed by atoms with Gasteiger partial charge in [-0.2, -0.15) is 0 Å². The van der Waals surface area contributed by atoms with Gasteiger partial charge in [-0.15, -0.1) is 0 Å². The summed E-state index contributed by atoms with van der Waals surface area (Å²) in [6.45, 7) is 3.24. The summed E-state index contributed by atoms with van der Waals surface area (Å²) in [4.78, 5) is 26.1. The molecule has 1 saturated heterocycles. The van der Waals surface area contributed by atoms with Gasteiger partial charge in [-0.05, 0) is 61.1 Å². The Morgan fingerprint density at radius 1 is 1.10 bits per heavy atom. The molecule has 6 nitrogen and oxygen atoms in total. The van der Waals surface area contributed by atoms with Crippen LogP contribution in [0.25, 0.3) is 0 Å². The lowest BCUT2D eigenvalue weighted by molar-refractivity contribution is -0.121. The molecule has 2 heterocycles. The van der Waals surface area contributed by atoms with E-state index in [1.807, 2.05) is 24.3 Å². The minimum Gasteiger partial charge on any atom is -0.494 e. The van der Waals surface area contributed by atoms with Crippen LogP contribution >= 0.6 is 0 Å². The van der Waals surface area contributed by atoms with Crippen LogP contribution in [-0.4, -0.2) is 31.5 Å². The Balaban J connectivity index is 1.19. The topological polar surface area (TPSA) is 70.7 Å². The Morgan fingerprint density at radius 3 is 2.80 bits per heavy atom. The summed E-state index contributed by atoms with van der Waals surface area (Å²) in [5.74, 6) is 0.887. The molecule has 2 aromatic carbocycles. The van der Waals surface area contributed by atoms with Crippen molar-refractivity contribution < 1.29 is 14.3 Å². The van der Waals surface area contributed by atoms with Gasteiger partial charge in [0.25, 0.3) is 0 Å². The van der Waals surface area contributed by atoms with Crippen LogP contribution < -0.4 is 20.3 Å². The molecular formula is C24H29N3O3. The molecule has 0 aliphatic carbocycles. The lowest BCUT2D eigenvalue weighted by Gasteiger charge is -2.21. The molecule has 2 aliphatic heterocycles. The Kier molecular flexibility index (Phi) is 6.52. The number of aryl methyl sites for hydroxylation is 1. The van der Waals surface area contributed by atoms with Crippen molar-refractivity contribution in [2.75, 3.05) is 29.9 Å². The molecule has 6 heteroatoms. The smallest absolute Gasteiger partial charge is 0.224 e. The van der Waals surface area contributed by atoms with E-state index >= 15 is 0 Å². The Morgan fingerprint density at radius 2 is 1.93 bits per heavy atom. The number of nitrogens with one attached hydrogen (secondary N) is 2. The SMILES string of the molecule is O=C(CCCOc1ccc2c(c1)CCC(=O)N2)NCc1ccccc1N1CCCC1. The van der Waals surface area contributed by atoms with Crippen LogP contribution in [0.4, 0.5) is 11.4 Å². The number of fused-ring (bicyclic) bond motifs is 1. The van der Waals surface area contributed by atoms with Crippen LogP contribution in [0.5, 0.6) is 5.75 Å². The maximum absolute atomic E-state index is 12.3. The number of carbonyl (C=O) groups is 2. The summed E-state index contributed by atoms with van der Waals surface area (Å²) < 4.78 is 5.80. The molecule has 0 bridgehead atoms. The van der Waals surface area contributed by atoms with Crippen LogP contribution in [0.1, 0.15) is 43.2 Å². The zero-order valence-electron chi connectivity index (χ0n) is 17.3. The van der Waals surface area contributed by atoms with Gasteiger partial charge in [-0.25, -0.2) is 0 Å². The standard InChI is InChI=1S/C24H29N3O3/c28-23(25-17-19-6-1-2-7-22(19)27-13-3-4-14-27)8-5-15-30-20-10-11-21-18(16-20)9-12-24(29)26-21/h1-2,6-7,10-11,16H,3-5,8-9,12-15,17H2,(H,25,28)(H,26,29). The van der Waals surface area contributed by atoms with Gasteiger partial charge in [-0.3, -0.25) is 9.59 Å². The van der Waals surface area contributed by atoms with E-state index in [0.29, 0.717) is 32.4 Å². The normalized spacial score (nSPS) is 15.5. The van der Waals surface area contributed by atoms with Gasteiger partial charge < -0.3 is 20.3 Å². The fourth-order valence-corrected chi connectivity index (χ4v) is 4.08. The molecule has 2 aliphatic rings. The van der Waals surface area contributed by atoms with Crippen molar-refractivity contribution in [1.82, 2.24) is 5.32 Å². The second kappa shape index (κ2) is 9.65. The first kappa shape index (κ1) is 20.3. The molecule has 2 aromatic rings. The van der Waals surface area contributed by atoms with E-state index in [-0.39, 0.29) is 11.8 Å². The van der Waals surface area contributed by atoms with E-state index in [1.165, 1.54) is 24.1 Å². The number of rotatable bonds is 8. The van der Waals surface area contributed by atoms with E-state index in [2.05, 4.69) is 33.7 Å². The van der Waals surface area contributed by atoms with E-state index < -0.39 is 0 Å². The van der Waals surface area contributed by atoms with E-state index in [9.17, 15) is 9.59 Å². The first-order valence-electron chi connectivity index (χ1n) is 10.8. The summed E-state index contributed by atoms with van der Waals surface area (Å²) in [6.07, 6.45) is 4.82. The van der Waals surface area contributed by atoms with Crippen LogP contribution in [0.2, 0.25) is 0 Å². The number of carbonyl (C=O) groups excluding carboxylic acids is 2. The minimum absolute atomic E-state index is 0.0444. The maximum Gasteiger partial charge on any atom is 0.224 e. The quantitative estimate of drug-likeness (QED) is 0.656. The lowest BCUT2D eigenvalue weighted by Crippen LogP contribution is -2.25.